The van der Waals surface area contributed by atoms with E-state index >= 15 is 0 Å². The molecule has 0 aliphatic heterocycles. The SMILES string of the molecule is Cc1ccnc(N(C)CC2CC(O)C2)c1Br. The number of aliphatic hydroxyl groups is 1. The highest BCUT2D eigenvalue weighted by Gasteiger charge is 2.28. The van der Waals surface area contributed by atoms with Crippen LogP contribution in [0.15, 0.2) is 16.7 Å². The lowest BCUT2D eigenvalue weighted by molar-refractivity contribution is 0.0464. The first-order valence-corrected chi connectivity index (χ1v) is 6.37. The minimum absolute atomic E-state index is 0.0766. The fourth-order valence-electron chi connectivity index (χ4n) is 2.12. The molecule has 0 bridgehead atoms. The second-order valence-corrected chi connectivity index (χ2v) is 5.43. The average Bonchev–Trinajstić information content (AvgIpc) is 2.19. The van der Waals surface area contributed by atoms with Crippen LogP contribution in [0.3, 0.4) is 0 Å². The number of anilines is 1. The normalized spacial score (nSPS) is 24.0. The van der Waals surface area contributed by atoms with E-state index in [-0.39, 0.29) is 6.10 Å². The van der Waals surface area contributed by atoms with Crippen LogP contribution >= 0.6 is 15.9 Å². The first-order chi connectivity index (χ1) is 7.58. The van der Waals surface area contributed by atoms with Crippen molar-refractivity contribution in [3.05, 3.63) is 22.3 Å². The number of aliphatic hydroxyl groups excluding tert-OH is 1. The molecule has 1 aliphatic carbocycles. The van der Waals surface area contributed by atoms with E-state index in [1.165, 1.54) is 5.56 Å². The van der Waals surface area contributed by atoms with Gasteiger partial charge in [0.05, 0.1) is 10.6 Å². The quantitative estimate of drug-likeness (QED) is 0.926. The van der Waals surface area contributed by atoms with Gasteiger partial charge in [0.2, 0.25) is 0 Å². The van der Waals surface area contributed by atoms with E-state index in [1.807, 2.05) is 12.3 Å². The topological polar surface area (TPSA) is 36.4 Å². The summed E-state index contributed by atoms with van der Waals surface area (Å²) in [4.78, 5) is 6.55. The molecule has 0 unspecified atom stereocenters. The Morgan fingerprint density at radius 1 is 1.56 bits per heavy atom. The Morgan fingerprint density at radius 2 is 2.25 bits per heavy atom. The Balaban J connectivity index is 2.03. The van der Waals surface area contributed by atoms with Gasteiger partial charge in [0.25, 0.3) is 0 Å². The number of aromatic nitrogens is 1. The fourth-order valence-corrected chi connectivity index (χ4v) is 2.65. The van der Waals surface area contributed by atoms with Crippen molar-refractivity contribution in [2.75, 3.05) is 18.5 Å². The molecular weight excluding hydrogens is 268 g/mol. The van der Waals surface area contributed by atoms with Gasteiger partial charge in [0.1, 0.15) is 5.82 Å². The van der Waals surface area contributed by atoms with E-state index in [9.17, 15) is 5.11 Å². The van der Waals surface area contributed by atoms with Crippen LogP contribution in [0.2, 0.25) is 0 Å². The lowest BCUT2D eigenvalue weighted by atomic mass is 9.82. The predicted octanol–water partition coefficient (Wildman–Crippen LogP) is 2.36. The van der Waals surface area contributed by atoms with E-state index in [0.717, 1.165) is 29.7 Å². The molecule has 0 atom stereocenters. The summed E-state index contributed by atoms with van der Waals surface area (Å²) < 4.78 is 1.07. The van der Waals surface area contributed by atoms with E-state index in [0.29, 0.717) is 5.92 Å². The van der Waals surface area contributed by atoms with Crippen LogP contribution in [-0.4, -0.2) is 29.8 Å². The molecule has 1 saturated carbocycles. The number of nitrogens with zero attached hydrogens (tertiary/aromatic N) is 2. The summed E-state index contributed by atoms with van der Waals surface area (Å²) in [7, 11) is 2.05. The Bertz CT molecular complexity index is 377. The van der Waals surface area contributed by atoms with Gasteiger partial charge in [-0.2, -0.15) is 0 Å². The van der Waals surface area contributed by atoms with Crippen LogP contribution in [-0.2, 0) is 0 Å². The molecule has 0 spiro atoms. The molecule has 4 heteroatoms. The molecular formula is C12H17BrN2O. The second-order valence-electron chi connectivity index (χ2n) is 4.64. The third-order valence-electron chi connectivity index (χ3n) is 3.17. The van der Waals surface area contributed by atoms with Crippen LogP contribution in [0.5, 0.6) is 0 Å². The molecule has 0 aromatic carbocycles. The molecule has 0 saturated heterocycles. The van der Waals surface area contributed by atoms with Gasteiger partial charge in [-0.15, -0.1) is 0 Å². The summed E-state index contributed by atoms with van der Waals surface area (Å²) in [6.07, 6.45) is 3.61. The molecule has 1 N–H and O–H groups in total. The summed E-state index contributed by atoms with van der Waals surface area (Å²) in [6, 6.07) is 1.99. The maximum absolute atomic E-state index is 9.26. The molecule has 1 fully saturated rings. The predicted molar refractivity (Wildman–Crippen MR) is 68.7 cm³/mol. The first-order valence-electron chi connectivity index (χ1n) is 5.58. The highest BCUT2D eigenvalue weighted by Crippen LogP contribution is 2.31. The fraction of sp³-hybridized carbons (Fsp3) is 0.583. The van der Waals surface area contributed by atoms with Gasteiger partial charge in [0.15, 0.2) is 0 Å². The van der Waals surface area contributed by atoms with Crippen LogP contribution < -0.4 is 4.90 Å². The van der Waals surface area contributed by atoms with Gasteiger partial charge in [-0.3, -0.25) is 0 Å². The van der Waals surface area contributed by atoms with Gasteiger partial charge < -0.3 is 10.0 Å². The number of pyridine rings is 1. The monoisotopic (exact) mass is 284 g/mol. The van der Waals surface area contributed by atoms with Crippen molar-refractivity contribution >= 4 is 21.7 Å². The van der Waals surface area contributed by atoms with E-state index in [4.69, 9.17) is 0 Å². The lowest BCUT2D eigenvalue weighted by Crippen LogP contribution is -2.37. The van der Waals surface area contributed by atoms with Gasteiger partial charge >= 0.3 is 0 Å². The van der Waals surface area contributed by atoms with Crippen molar-refractivity contribution in [2.45, 2.75) is 25.9 Å². The number of halogens is 1. The molecule has 1 aromatic heterocycles. The highest BCUT2D eigenvalue weighted by atomic mass is 79.9. The van der Waals surface area contributed by atoms with Gasteiger partial charge in [-0.05, 0) is 53.2 Å². The number of rotatable bonds is 3. The van der Waals surface area contributed by atoms with E-state index < -0.39 is 0 Å². The van der Waals surface area contributed by atoms with Crippen molar-refractivity contribution in [1.29, 1.82) is 0 Å². The first kappa shape index (κ1) is 11.9. The lowest BCUT2D eigenvalue weighted by Gasteiger charge is -2.35. The zero-order valence-electron chi connectivity index (χ0n) is 9.65. The Kier molecular flexibility index (Phi) is 3.50. The molecule has 16 heavy (non-hydrogen) atoms. The Hall–Kier alpha value is -0.610. The number of aryl methyl sites for hydroxylation is 1. The molecule has 3 nitrogen and oxygen atoms in total. The van der Waals surface area contributed by atoms with Crippen LogP contribution in [0.25, 0.3) is 0 Å². The van der Waals surface area contributed by atoms with Crippen molar-refractivity contribution in [1.82, 2.24) is 4.98 Å². The Morgan fingerprint density at radius 3 is 2.88 bits per heavy atom. The molecule has 0 amide bonds. The van der Waals surface area contributed by atoms with E-state index in [2.05, 4.69) is 39.8 Å². The third kappa shape index (κ3) is 2.38. The maximum atomic E-state index is 9.26. The smallest absolute Gasteiger partial charge is 0.142 e. The van der Waals surface area contributed by atoms with Gasteiger partial charge in [-0.25, -0.2) is 4.98 Å². The molecule has 0 radical (unpaired) electrons. The third-order valence-corrected chi connectivity index (χ3v) is 4.15. The van der Waals surface area contributed by atoms with Crippen molar-refractivity contribution in [3.63, 3.8) is 0 Å². The maximum Gasteiger partial charge on any atom is 0.142 e. The van der Waals surface area contributed by atoms with Crippen LogP contribution in [0.1, 0.15) is 18.4 Å². The van der Waals surface area contributed by atoms with Gasteiger partial charge in [0, 0.05) is 19.8 Å². The standard InChI is InChI=1S/C12H17BrN2O/c1-8-3-4-14-12(11(8)13)15(2)7-9-5-10(16)6-9/h3-4,9-10,16H,5-7H2,1-2H3. The largest absolute Gasteiger partial charge is 0.393 e. The van der Waals surface area contributed by atoms with Crippen molar-refractivity contribution in [3.8, 4) is 0 Å². The average molecular weight is 285 g/mol. The summed E-state index contributed by atoms with van der Waals surface area (Å²) in [5.41, 5.74) is 1.20. The highest BCUT2D eigenvalue weighted by molar-refractivity contribution is 9.10. The summed E-state index contributed by atoms with van der Waals surface area (Å²) >= 11 is 3.57. The van der Waals surface area contributed by atoms with Gasteiger partial charge in [-0.1, -0.05) is 0 Å². The van der Waals surface area contributed by atoms with Crippen LogP contribution in [0.4, 0.5) is 5.82 Å². The Labute approximate surface area is 105 Å². The minimum atomic E-state index is -0.0766. The zero-order chi connectivity index (χ0) is 11.7. The molecule has 2 rings (SSSR count). The number of hydrogen-bond acceptors (Lipinski definition) is 3. The zero-order valence-corrected chi connectivity index (χ0v) is 11.2. The summed E-state index contributed by atoms with van der Waals surface area (Å²) in [5, 5.41) is 9.26. The second kappa shape index (κ2) is 4.72. The van der Waals surface area contributed by atoms with Crippen molar-refractivity contribution in [2.24, 2.45) is 5.92 Å². The molecule has 1 aromatic rings. The number of hydrogen-bond donors (Lipinski definition) is 1. The van der Waals surface area contributed by atoms with Crippen molar-refractivity contribution < 1.29 is 5.11 Å². The minimum Gasteiger partial charge on any atom is -0.393 e. The van der Waals surface area contributed by atoms with Crippen LogP contribution in [0, 0.1) is 12.8 Å². The van der Waals surface area contributed by atoms with E-state index in [1.54, 1.807) is 0 Å². The molecule has 1 aliphatic rings. The summed E-state index contributed by atoms with van der Waals surface area (Å²) in [5.74, 6) is 1.59. The molecule has 88 valence electrons. The molecule has 1 heterocycles. The summed E-state index contributed by atoms with van der Waals surface area (Å²) in [6.45, 7) is 3.03.